The smallest absolute Gasteiger partial charge is 0.220 e. The van der Waals surface area contributed by atoms with Crippen molar-refractivity contribution in [3.05, 3.63) is 82.5 Å². The molecule has 2 aromatic carbocycles. The second kappa shape index (κ2) is 7.38. The Bertz CT molecular complexity index is 816. The Morgan fingerprint density at radius 2 is 1.80 bits per heavy atom. The molecule has 0 radical (unpaired) electrons. The number of hydrogen-bond acceptors (Lipinski definition) is 4. The van der Waals surface area contributed by atoms with Crippen molar-refractivity contribution in [2.24, 2.45) is 0 Å². The lowest BCUT2D eigenvalue weighted by Gasteiger charge is -2.15. The van der Waals surface area contributed by atoms with Gasteiger partial charge in [0.05, 0.1) is 12.3 Å². The predicted octanol–water partition coefficient (Wildman–Crippen LogP) is 4.30. The van der Waals surface area contributed by atoms with Crippen LogP contribution in [0.1, 0.15) is 35.2 Å². The molecule has 1 fully saturated rings. The van der Waals surface area contributed by atoms with E-state index in [0.717, 1.165) is 37.0 Å². The molecule has 4 nitrogen and oxygen atoms in total. The van der Waals surface area contributed by atoms with E-state index >= 15 is 0 Å². The first-order valence-electron chi connectivity index (χ1n) is 8.59. The van der Waals surface area contributed by atoms with Gasteiger partial charge in [0.1, 0.15) is 0 Å². The summed E-state index contributed by atoms with van der Waals surface area (Å²) < 4.78 is 5.92. The van der Waals surface area contributed by atoms with E-state index in [1.54, 1.807) is 0 Å². The molecule has 0 aliphatic carbocycles. The highest BCUT2D eigenvalue weighted by molar-refractivity contribution is 6.30. The number of benzene rings is 2. The second-order valence-electron chi connectivity index (χ2n) is 6.54. The van der Waals surface area contributed by atoms with Gasteiger partial charge in [-0.2, -0.15) is 0 Å². The summed E-state index contributed by atoms with van der Waals surface area (Å²) in [5.41, 5.74) is 2.47. The van der Waals surface area contributed by atoms with Crippen LogP contribution in [-0.2, 0) is 13.0 Å². The van der Waals surface area contributed by atoms with Gasteiger partial charge in [0.15, 0.2) is 0 Å². The summed E-state index contributed by atoms with van der Waals surface area (Å²) in [6, 6.07) is 18.3. The Morgan fingerprint density at radius 3 is 2.60 bits per heavy atom. The van der Waals surface area contributed by atoms with Gasteiger partial charge in [0.2, 0.25) is 11.8 Å². The van der Waals surface area contributed by atoms with Crippen molar-refractivity contribution in [2.75, 3.05) is 13.1 Å². The fraction of sp³-hybridized carbons (Fsp3) is 0.300. The molecular formula is C20H20ClN3O. The van der Waals surface area contributed by atoms with Crippen molar-refractivity contribution in [1.29, 1.82) is 0 Å². The highest BCUT2D eigenvalue weighted by Gasteiger charge is 2.28. The third kappa shape index (κ3) is 4.09. The minimum absolute atomic E-state index is 0.323. The Kier molecular flexibility index (Phi) is 4.81. The van der Waals surface area contributed by atoms with Crippen molar-refractivity contribution < 1.29 is 4.42 Å². The summed E-state index contributed by atoms with van der Waals surface area (Å²) in [5.74, 6) is 1.78. The number of rotatable bonds is 5. The Balaban J connectivity index is 1.36. The van der Waals surface area contributed by atoms with Gasteiger partial charge in [-0.1, -0.05) is 54.1 Å². The molecule has 0 bridgehead atoms. The molecule has 1 aromatic heterocycles. The topological polar surface area (TPSA) is 42.2 Å². The van der Waals surface area contributed by atoms with Crippen molar-refractivity contribution in [2.45, 2.75) is 25.3 Å². The maximum absolute atomic E-state index is 5.95. The predicted molar refractivity (Wildman–Crippen MR) is 97.6 cm³/mol. The molecule has 1 aliphatic rings. The molecule has 0 N–H and O–H groups in total. The summed E-state index contributed by atoms with van der Waals surface area (Å²) >= 11 is 5.95. The van der Waals surface area contributed by atoms with Crippen LogP contribution in [0.25, 0.3) is 0 Å². The monoisotopic (exact) mass is 353 g/mol. The first-order valence-corrected chi connectivity index (χ1v) is 8.97. The lowest BCUT2D eigenvalue weighted by Crippen LogP contribution is -2.19. The van der Waals surface area contributed by atoms with E-state index < -0.39 is 0 Å². The summed E-state index contributed by atoms with van der Waals surface area (Å²) in [4.78, 5) is 2.43. The van der Waals surface area contributed by atoms with Gasteiger partial charge >= 0.3 is 0 Å². The van der Waals surface area contributed by atoms with Crippen molar-refractivity contribution in [3.8, 4) is 0 Å². The summed E-state index contributed by atoms with van der Waals surface area (Å²) in [7, 11) is 0. The van der Waals surface area contributed by atoms with Gasteiger partial charge in [-0.25, -0.2) is 0 Å². The number of aromatic nitrogens is 2. The molecule has 3 aromatic rings. The molecule has 1 atom stereocenters. The van der Waals surface area contributed by atoms with E-state index in [2.05, 4.69) is 39.4 Å². The first kappa shape index (κ1) is 16.3. The highest BCUT2D eigenvalue weighted by Crippen LogP contribution is 2.27. The van der Waals surface area contributed by atoms with Crippen molar-refractivity contribution >= 4 is 11.6 Å². The van der Waals surface area contributed by atoms with Gasteiger partial charge < -0.3 is 4.42 Å². The zero-order valence-electron chi connectivity index (χ0n) is 13.9. The van der Waals surface area contributed by atoms with Crippen molar-refractivity contribution in [1.82, 2.24) is 15.1 Å². The quantitative estimate of drug-likeness (QED) is 0.685. The molecule has 1 saturated heterocycles. The largest absolute Gasteiger partial charge is 0.425 e. The van der Waals surface area contributed by atoms with Crippen molar-refractivity contribution in [3.63, 3.8) is 0 Å². The SMILES string of the molecule is Clc1ccc(CN2CC[C@H](c3nnc(Cc4ccccc4)o3)C2)cc1. The molecular weight excluding hydrogens is 334 g/mol. The molecule has 4 rings (SSSR count). The first-order chi connectivity index (χ1) is 12.3. The molecule has 0 unspecified atom stereocenters. The fourth-order valence-corrected chi connectivity index (χ4v) is 3.43. The van der Waals surface area contributed by atoms with Crippen LogP contribution in [0.15, 0.2) is 59.0 Å². The highest BCUT2D eigenvalue weighted by atomic mass is 35.5. The Labute approximate surface area is 152 Å². The zero-order chi connectivity index (χ0) is 17.1. The maximum atomic E-state index is 5.95. The summed E-state index contributed by atoms with van der Waals surface area (Å²) in [6.45, 7) is 2.93. The second-order valence-corrected chi connectivity index (χ2v) is 6.98. The fourth-order valence-electron chi connectivity index (χ4n) is 3.30. The molecule has 0 saturated carbocycles. The van der Waals surface area contributed by atoms with Gasteiger partial charge in [0, 0.05) is 18.1 Å². The van der Waals surface area contributed by atoms with Crippen LogP contribution in [-0.4, -0.2) is 28.2 Å². The molecule has 0 amide bonds. The lowest BCUT2D eigenvalue weighted by atomic mass is 10.1. The van der Waals surface area contributed by atoms with E-state index in [-0.39, 0.29) is 0 Å². The van der Waals surface area contributed by atoms with E-state index in [0.29, 0.717) is 18.2 Å². The minimum atomic E-state index is 0.323. The lowest BCUT2D eigenvalue weighted by molar-refractivity contribution is 0.318. The van der Waals surface area contributed by atoms with Gasteiger partial charge in [-0.05, 0) is 36.2 Å². The minimum Gasteiger partial charge on any atom is -0.425 e. The standard InChI is InChI=1S/C20H20ClN3O/c21-18-8-6-16(7-9-18)13-24-11-10-17(14-24)20-23-22-19(25-20)12-15-4-2-1-3-5-15/h1-9,17H,10-14H2/t17-/m0/s1. The third-order valence-corrected chi connectivity index (χ3v) is 4.87. The molecule has 5 heteroatoms. The molecule has 1 aliphatic heterocycles. The summed E-state index contributed by atoms with van der Waals surface area (Å²) in [5, 5.41) is 9.29. The van der Waals surface area contributed by atoms with Crippen LogP contribution >= 0.6 is 11.6 Å². The zero-order valence-corrected chi connectivity index (χ0v) is 14.7. The average Bonchev–Trinajstić information content (AvgIpc) is 3.27. The van der Waals surface area contributed by atoms with Crippen LogP contribution in [0.3, 0.4) is 0 Å². The van der Waals surface area contributed by atoms with Gasteiger partial charge in [-0.15, -0.1) is 10.2 Å². The normalized spacial score (nSPS) is 17.9. The van der Waals surface area contributed by atoms with Gasteiger partial charge in [-0.3, -0.25) is 4.90 Å². The van der Waals surface area contributed by atoms with Crippen LogP contribution in [0.5, 0.6) is 0 Å². The number of likely N-dealkylation sites (tertiary alicyclic amines) is 1. The number of halogens is 1. The molecule has 2 heterocycles. The van der Waals surface area contributed by atoms with Crippen LogP contribution in [0.2, 0.25) is 5.02 Å². The summed E-state index contributed by atoms with van der Waals surface area (Å²) in [6.07, 6.45) is 1.75. The van der Waals surface area contributed by atoms with E-state index in [9.17, 15) is 0 Å². The van der Waals surface area contributed by atoms with Gasteiger partial charge in [0.25, 0.3) is 0 Å². The van der Waals surface area contributed by atoms with Crippen LogP contribution < -0.4 is 0 Å². The Morgan fingerprint density at radius 1 is 1.00 bits per heavy atom. The number of nitrogens with zero attached hydrogens (tertiary/aromatic N) is 3. The Hall–Kier alpha value is -2.17. The van der Waals surface area contributed by atoms with E-state index in [1.807, 2.05) is 30.3 Å². The molecule has 128 valence electrons. The molecule has 25 heavy (non-hydrogen) atoms. The average molecular weight is 354 g/mol. The maximum Gasteiger partial charge on any atom is 0.220 e. The van der Waals surface area contributed by atoms with E-state index in [4.69, 9.17) is 16.0 Å². The number of hydrogen-bond donors (Lipinski definition) is 0. The van der Waals surface area contributed by atoms with E-state index in [1.165, 1.54) is 11.1 Å². The third-order valence-electron chi connectivity index (χ3n) is 4.62. The van der Waals surface area contributed by atoms with Crippen LogP contribution in [0.4, 0.5) is 0 Å². The molecule has 0 spiro atoms. The van der Waals surface area contributed by atoms with Crippen LogP contribution in [0, 0.1) is 0 Å².